The van der Waals surface area contributed by atoms with Gasteiger partial charge < -0.3 is 19.0 Å². The number of rotatable bonds is 7. The maximum atomic E-state index is 12.5. The Bertz CT molecular complexity index is 1160. The summed E-state index contributed by atoms with van der Waals surface area (Å²) in [5.41, 5.74) is 0.915. The predicted molar refractivity (Wildman–Crippen MR) is 109 cm³/mol. The number of benzene rings is 2. The number of alkyl halides is 2. The summed E-state index contributed by atoms with van der Waals surface area (Å²) >= 11 is 1.16. The van der Waals surface area contributed by atoms with E-state index in [2.05, 4.69) is 20.3 Å². The number of hydrogen-bond donors (Lipinski definition) is 1. The van der Waals surface area contributed by atoms with Gasteiger partial charge in [-0.3, -0.25) is 4.79 Å². The molecule has 0 unspecified atom stereocenters. The molecule has 0 aliphatic rings. The first-order valence-corrected chi connectivity index (χ1v) is 9.84. The van der Waals surface area contributed by atoms with Crippen molar-refractivity contribution >= 4 is 34.3 Å². The monoisotopic (exact) mass is 430 g/mol. The highest BCUT2D eigenvalue weighted by Crippen LogP contribution is 2.29. The van der Waals surface area contributed by atoms with E-state index in [-0.39, 0.29) is 17.2 Å². The molecule has 154 valence electrons. The standard InChI is InChI=1S/C20H16F2N4O3S/c1-26-18(16-10-12-6-2-4-8-14(12)28-16)24-25-20(26)30-11-17(27)23-13-7-3-5-9-15(13)29-19(21)22/h2-10,19H,11H2,1H3,(H,23,27). The average molecular weight is 430 g/mol. The van der Waals surface area contributed by atoms with E-state index < -0.39 is 12.5 Å². The van der Waals surface area contributed by atoms with E-state index in [1.807, 2.05) is 30.3 Å². The van der Waals surface area contributed by atoms with Gasteiger partial charge in [-0.15, -0.1) is 10.2 Å². The summed E-state index contributed by atoms with van der Waals surface area (Å²) in [5, 5.41) is 12.3. The number of nitrogens with zero attached hydrogens (tertiary/aromatic N) is 3. The molecule has 1 amide bonds. The second-order valence-electron chi connectivity index (χ2n) is 6.23. The highest BCUT2D eigenvalue weighted by molar-refractivity contribution is 7.99. The van der Waals surface area contributed by atoms with E-state index in [0.29, 0.717) is 16.7 Å². The molecule has 2 aromatic carbocycles. The van der Waals surface area contributed by atoms with Gasteiger partial charge in [0.2, 0.25) is 5.91 Å². The molecular formula is C20H16F2N4O3S. The molecule has 0 atom stereocenters. The van der Waals surface area contributed by atoms with Crippen LogP contribution in [0.15, 0.2) is 64.2 Å². The molecule has 0 aliphatic heterocycles. The van der Waals surface area contributed by atoms with E-state index >= 15 is 0 Å². The highest BCUT2D eigenvalue weighted by atomic mass is 32.2. The van der Waals surface area contributed by atoms with E-state index in [9.17, 15) is 13.6 Å². The van der Waals surface area contributed by atoms with E-state index in [1.54, 1.807) is 23.7 Å². The zero-order chi connectivity index (χ0) is 21.1. The molecule has 0 bridgehead atoms. The number of halogens is 2. The second-order valence-corrected chi connectivity index (χ2v) is 7.17. The van der Waals surface area contributed by atoms with Gasteiger partial charge in [0.15, 0.2) is 16.7 Å². The summed E-state index contributed by atoms with van der Waals surface area (Å²) in [4.78, 5) is 12.3. The van der Waals surface area contributed by atoms with Crippen LogP contribution in [-0.4, -0.2) is 33.0 Å². The molecule has 4 rings (SSSR count). The van der Waals surface area contributed by atoms with Gasteiger partial charge in [0.05, 0.1) is 11.4 Å². The second kappa shape index (κ2) is 8.54. The number of para-hydroxylation sites is 3. The Kier molecular flexibility index (Phi) is 5.66. The van der Waals surface area contributed by atoms with Gasteiger partial charge in [0.1, 0.15) is 11.3 Å². The van der Waals surface area contributed by atoms with Crippen LogP contribution in [0.3, 0.4) is 0 Å². The zero-order valence-electron chi connectivity index (χ0n) is 15.7. The molecule has 4 aromatic rings. The van der Waals surface area contributed by atoms with Gasteiger partial charge in [-0.2, -0.15) is 8.78 Å². The maximum Gasteiger partial charge on any atom is 0.387 e. The van der Waals surface area contributed by atoms with Crippen molar-refractivity contribution in [2.45, 2.75) is 11.8 Å². The van der Waals surface area contributed by atoms with Crippen molar-refractivity contribution in [3.05, 3.63) is 54.6 Å². The van der Waals surface area contributed by atoms with Crippen molar-refractivity contribution in [1.29, 1.82) is 0 Å². The van der Waals surface area contributed by atoms with Crippen LogP contribution in [0.2, 0.25) is 0 Å². The number of thioether (sulfide) groups is 1. The van der Waals surface area contributed by atoms with Crippen LogP contribution in [0.4, 0.5) is 14.5 Å². The minimum atomic E-state index is -2.98. The van der Waals surface area contributed by atoms with Crippen LogP contribution in [0.1, 0.15) is 0 Å². The van der Waals surface area contributed by atoms with E-state index in [4.69, 9.17) is 4.42 Å². The summed E-state index contributed by atoms with van der Waals surface area (Å²) in [7, 11) is 1.77. The summed E-state index contributed by atoms with van der Waals surface area (Å²) in [6.07, 6.45) is 0. The van der Waals surface area contributed by atoms with Gasteiger partial charge in [0, 0.05) is 12.4 Å². The van der Waals surface area contributed by atoms with E-state index in [0.717, 1.165) is 22.7 Å². The summed E-state index contributed by atoms with van der Waals surface area (Å²) < 4.78 is 36.9. The molecule has 30 heavy (non-hydrogen) atoms. The van der Waals surface area contributed by atoms with E-state index in [1.165, 1.54) is 12.1 Å². The number of amides is 1. The number of aromatic nitrogens is 3. The normalized spacial score (nSPS) is 11.2. The van der Waals surface area contributed by atoms with Crippen molar-refractivity contribution in [3.8, 4) is 17.3 Å². The molecule has 0 fully saturated rings. The molecule has 7 nitrogen and oxygen atoms in total. The van der Waals surface area contributed by atoms with Gasteiger partial charge in [-0.1, -0.05) is 42.1 Å². The zero-order valence-corrected chi connectivity index (χ0v) is 16.5. The third-order valence-electron chi connectivity index (χ3n) is 4.19. The van der Waals surface area contributed by atoms with Crippen molar-refractivity contribution in [3.63, 3.8) is 0 Å². The Hall–Kier alpha value is -3.40. The Labute approximate surface area is 174 Å². The maximum absolute atomic E-state index is 12.5. The molecule has 2 heterocycles. The lowest BCUT2D eigenvalue weighted by molar-refractivity contribution is -0.113. The summed E-state index contributed by atoms with van der Waals surface area (Å²) in [6.45, 7) is -2.98. The Balaban J connectivity index is 1.43. The average Bonchev–Trinajstić information content (AvgIpc) is 3.30. The van der Waals surface area contributed by atoms with Gasteiger partial charge in [0.25, 0.3) is 0 Å². The summed E-state index contributed by atoms with van der Waals surface area (Å²) in [6, 6.07) is 15.5. The first-order valence-electron chi connectivity index (χ1n) is 8.86. The minimum Gasteiger partial charge on any atom is -0.453 e. The van der Waals surface area contributed by atoms with Gasteiger partial charge in [-0.25, -0.2) is 0 Å². The van der Waals surface area contributed by atoms with Crippen LogP contribution >= 0.6 is 11.8 Å². The van der Waals surface area contributed by atoms with Crippen molar-refractivity contribution in [1.82, 2.24) is 14.8 Å². The fourth-order valence-corrected chi connectivity index (χ4v) is 3.54. The van der Waals surface area contributed by atoms with Crippen molar-refractivity contribution in [2.24, 2.45) is 7.05 Å². The topological polar surface area (TPSA) is 82.2 Å². The number of fused-ring (bicyclic) bond motifs is 1. The molecule has 2 aromatic heterocycles. The lowest BCUT2D eigenvalue weighted by Crippen LogP contribution is -2.16. The number of nitrogens with one attached hydrogen (secondary N) is 1. The predicted octanol–water partition coefficient (Wildman–Crippen LogP) is 4.56. The van der Waals surface area contributed by atoms with Crippen molar-refractivity contribution in [2.75, 3.05) is 11.1 Å². The van der Waals surface area contributed by atoms with Crippen LogP contribution in [-0.2, 0) is 11.8 Å². The molecule has 0 saturated carbocycles. The quantitative estimate of drug-likeness (QED) is 0.433. The molecule has 1 N–H and O–H groups in total. The Morgan fingerprint density at radius 2 is 1.97 bits per heavy atom. The molecular weight excluding hydrogens is 414 g/mol. The van der Waals surface area contributed by atoms with Crippen LogP contribution < -0.4 is 10.1 Å². The number of carbonyl (C=O) groups excluding carboxylic acids is 1. The number of ether oxygens (including phenoxy) is 1. The fourth-order valence-electron chi connectivity index (χ4n) is 2.83. The molecule has 10 heteroatoms. The van der Waals surface area contributed by atoms with Crippen LogP contribution in [0.5, 0.6) is 5.75 Å². The third kappa shape index (κ3) is 4.28. The smallest absolute Gasteiger partial charge is 0.387 e. The Morgan fingerprint density at radius 1 is 1.20 bits per heavy atom. The highest BCUT2D eigenvalue weighted by Gasteiger charge is 2.17. The summed E-state index contributed by atoms with van der Waals surface area (Å²) in [5.74, 6) is 0.621. The SMILES string of the molecule is Cn1c(SCC(=O)Nc2ccccc2OC(F)F)nnc1-c1cc2ccccc2o1. The largest absolute Gasteiger partial charge is 0.453 e. The number of hydrogen-bond acceptors (Lipinski definition) is 6. The number of carbonyl (C=O) groups is 1. The number of anilines is 1. The molecule has 0 aliphatic carbocycles. The van der Waals surface area contributed by atoms with Gasteiger partial charge in [-0.05, 0) is 24.3 Å². The number of furan rings is 1. The molecule has 0 saturated heterocycles. The molecule has 0 spiro atoms. The Morgan fingerprint density at radius 3 is 2.77 bits per heavy atom. The lowest BCUT2D eigenvalue weighted by atomic mass is 10.2. The fraction of sp³-hybridized carbons (Fsp3) is 0.150. The van der Waals surface area contributed by atoms with Crippen molar-refractivity contribution < 1.29 is 22.7 Å². The minimum absolute atomic E-state index is 0.00904. The van der Waals surface area contributed by atoms with Gasteiger partial charge >= 0.3 is 6.61 Å². The first kappa shape index (κ1) is 19.9. The van der Waals surface area contributed by atoms with Crippen LogP contribution in [0, 0.1) is 0 Å². The first-order chi connectivity index (χ1) is 14.5. The third-order valence-corrected chi connectivity index (χ3v) is 5.21. The lowest BCUT2D eigenvalue weighted by Gasteiger charge is -2.11. The molecule has 0 radical (unpaired) electrons. The van der Waals surface area contributed by atoms with Crippen LogP contribution in [0.25, 0.3) is 22.6 Å².